The number of halogens is 3. The van der Waals surface area contributed by atoms with Crippen LogP contribution in [0, 0.1) is 6.92 Å². The van der Waals surface area contributed by atoms with Crippen molar-refractivity contribution in [1.82, 2.24) is 0 Å². The Labute approximate surface area is 353 Å². The van der Waals surface area contributed by atoms with Gasteiger partial charge in [0.25, 0.3) is 0 Å². The lowest BCUT2D eigenvalue weighted by molar-refractivity contribution is -0.938. The average molecular weight is 797 g/mol. The molecule has 0 saturated carbocycles. The van der Waals surface area contributed by atoms with Crippen LogP contribution in [0.25, 0.3) is 44.5 Å². The minimum Gasteiger partial charge on any atom is -0.324 e. The van der Waals surface area contributed by atoms with Gasteiger partial charge >= 0.3 is 6.18 Å². The van der Waals surface area contributed by atoms with Crippen LogP contribution in [-0.2, 0) is 10.8 Å². The maximum Gasteiger partial charge on any atom is 0.406 e. The molecule has 302 valence electrons. The third-order valence-corrected chi connectivity index (χ3v) is 14.0. The topological polar surface area (TPSA) is 0 Å². The summed E-state index contributed by atoms with van der Waals surface area (Å²) in [6, 6.07) is 56.3. The van der Waals surface area contributed by atoms with Crippen molar-refractivity contribution in [3.63, 3.8) is 0 Å². The van der Waals surface area contributed by atoms with E-state index in [1.165, 1.54) is 79.5 Å². The van der Waals surface area contributed by atoms with Gasteiger partial charge in [-0.3, -0.25) is 0 Å². The SMILES string of the molecule is Cc1ccc(-c2ccc(-c3ccc(C(c4ccccc4)(c4ccc(-c5ccc(-c6ccc(C7(C)CC[N+]8(CCCCC8)CC7)cc6)cc5)cc4)C(F)(F)F)cc3)cc2)cc1. The molecule has 2 heterocycles. The summed E-state index contributed by atoms with van der Waals surface area (Å²) in [6.07, 6.45) is 2.01. The maximum atomic E-state index is 15.9. The normalized spacial score (nSPS) is 17.2. The first kappa shape index (κ1) is 39.7. The third kappa shape index (κ3) is 7.52. The molecule has 2 aliphatic heterocycles. The highest BCUT2D eigenvalue weighted by Gasteiger charge is 2.58. The van der Waals surface area contributed by atoms with Gasteiger partial charge < -0.3 is 4.48 Å². The van der Waals surface area contributed by atoms with Gasteiger partial charge in [0.05, 0.1) is 26.2 Å². The molecule has 7 aromatic rings. The first-order chi connectivity index (χ1) is 29.1. The Balaban J connectivity index is 0.960. The van der Waals surface area contributed by atoms with Gasteiger partial charge in [0, 0.05) is 18.3 Å². The van der Waals surface area contributed by atoms with Crippen molar-refractivity contribution in [2.24, 2.45) is 0 Å². The van der Waals surface area contributed by atoms with E-state index in [2.05, 4.69) is 98.8 Å². The number of benzene rings is 7. The zero-order chi connectivity index (χ0) is 41.4. The smallest absolute Gasteiger partial charge is 0.324 e. The summed E-state index contributed by atoms with van der Waals surface area (Å²) in [5.41, 5.74) is 9.16. The van der Waals surface area contributed by atoms with Crippen LogP contribution in [0.15, 0.2) is 176 Å². The molecule has 2 aliphatic rings. The van der Waals surface area contributed by atoms with Crippen LogP contribution >= 0.6 is 0 Å². The number of alkyl halides is 3. The van der Waals surface area contributed by atoms with E-state index in [4.69, 9.17) is 0 Å². The summed E-state index contributed by atoms with van der Waals surface area (Å²) in [4.78, 5) is 0. The molecule has 1 nitrogen and oxygen atoms in total. The van der Waals surface area contributed by atoms with Crippen LogP contribution < -0.4 is 0 Å². The summed E-state index contributed by atoms with van der Waals surface area (Å²) in [7, 11) is 0. The van der Waals surface area contributed by atoms with E-state index in [1.54, 1.807) is 54.6 Å². The zero-order valence-electron chi connectivity index (χ0n) is 34.7. The van der Waals surface area contributed by atoms with Crippen LogP contribution in [0.1, 0.15) is 66.8 Å². The van der Waals surface area contributed by atoms with Crippen LogP contribution in [0.5, 0.6) is 0 Å². The number of rotatable bonds is 8. The maximum absolute atomic E-state index is 15.9. The van der Waals surface area contributed by atoms with Gasteiger partial charge in [0.15, 0.2) is 0 Å². The van der Waals surface area contributed by atoms with Crippen molar-refractivity contribution >= 4 is 0 Å². The van der Waals surface area contributed by atoms with Crippen LogP contribution in [0.3, 0.4) is 0 Å². The first-order valence-corrected chi connectivity index (χ1v) is 21.6. The van der Waals surface area contributed by atoms with Crippen molar-refractivity contribution in [3.8, 4) is 44.5 Å². The summed E-state index contributed by atoms with van der Waals surface area (Å²) in [5.74, 6) is 0. The van der Waals surface area contributed by atoms with E-state index < -0.39 is 11.6 Å². The fourth-order valence-electron chi connectivity index (χ4n) is 10.1. The lowest BCUT2D eigenvalue weighted by atomic mass is 9.68. The summed E-state index contributed by atoms with van der Waals surface area (Å²) < 4.78 is 49.2. The molecular formula is C56H53F3N+. The fourth-order valence-corrected chi connectivity index (χ4v) is 10.1. The lowest BCUT2D eigenvalue weighted by Crippen LogP contribution is -2.58. The summed E-state index contributed by atoms with van der Waals surface area (Å²) in [5, 5.41) is 0. The molecule has 0 aliphatic carbocycles. The quantitative estimate of drug-likeness (QED) is 0.106. The van der Waals surface area contributed by atoms with Crippen LogP contribution in [0.2, 0.25) is 0 Å². The van der Waals surface area contributed by atoms with Gasteiger partial charge in [0.2, 0.25) is 0 Å². The van der Waals surface area contributed by atoms with E-state index in [0.717, 1.165) is 38.9 Å². The highest BCUT2D eigenvalue weighted by Crippen LogP contribution is 2.52. The van der Waals surface area contributed by atoms with Crippen molar-refractivity contribution in [1.29, 1.82) is 0 Å². The molecule has 4 heteroatoms. The molecule has 9 rings (SSSR count). The molecule has 0 amide bonds. The molecule has 1 unspecified atom stereocenters. The van der Waals surface area contributed by atoms with E-state index in [1.807, 2.05) is 36.4 Å². The second kappa shape index (κ2) is 16.0. The Morgan fingerprint density at radius 1 is 0.400 bits per heavy atom. The van der Waals surface area contributed by atoms with Crippen LogP contribution in [-0.4, -0.2) is 36.8 Å². The molecular weight excluding hydrogens is 744 g/mol. The number of quaternary nitrogens is 1. The van der Waals surface area contributed by atoms with Crippen molar-refractivity contribution in [2.45, 2.75) is 63.0 Å². The Morgan fingerprint density at radius 2 is 0.733 bits per heavy atom. The van der Waals surface area contributed by atoms with Gasteiger partial charge in [0.1, 0.15) is 5.41 Å². The molecule has 60 heavy (non-hydrogen) atoms. The standard InChI is InChI=1S/C56H53F3N/c1-41-11-13-42(14-12-41)43-15-17-45(18-16-43)48-25-31-52(32-26-48)55(56(57,58)59,51-9-5-3-6-10-51)53-33-27-49(28-34-53)46-21-19-44(20-22-46)47-23-29-50(30-24-47)54(2)35-39-60(40-36-54)37-7-4-8-38-60/h3,5-6,9-34H,4,7-8,35-40H2,1-2H3/q+1. The molecule has 1 spiro atoms. The summed E-state index contributed by atoms with van der Waals surface area (Å²) in [6.45, 7) is 9.82. The molecule has 7 aromatic carbocycles. The molecule has 2 fully saturated rings. The van der Waals surface area contributed by atoms with Gasteiger partial charge in [-0.15, -0.1) is 0 Å². The van der Waals surface area contributed by atoms with Crippen molar-refractivity contribution < 1.29 is 17.7 Å². The largest absolute Gasteiger partial charge is 0.406 e. The van der Waals surface area contributed by atoms with Crippen molar-refractivity contribution in [3.05, 3.63) is 204 Å². The van der Waals surface area contributed by atoms with Gasteiger partial charge in [-0.1, -0.05) is 188 Å². The number of nitrogens with zero attached hydrogens (tertiary/aromatic N) is 1. The summed E-state index contributed by atoms with van der Waals surface area (Å²) >= 11 is 0. The molecule has 0 radical (unpaired) electrons. The van der Waals surface area contributed by atoms with E-state index in [9.17, 15) is 0 Å². The molecule has 0 N–H and O–H groups in total. The average Bonchev–Trinajstić information content (AvgIpc) is 3.29. The number of aryl methyl sites for hydroxylation is 1. The highest BCUT2D eigenvalue weighted by molar-refractivity contribution is 5.73. The van der Waals surface area contributed by atoms with Gasteiger partial charge in [-0.05, 0) is 92.9 Å². The highest BCUT2D eigenvalue weighted by atomic mass is 19.4. The first-order valence-electron chi connectivity index (χ1n) is 21.6. The van der Waals surface area contributed by atoms with Crippen LogP contribution in [0.4, 0.5) is 13.2 Å². The van der Waals surface area contributed by atoms with Crippen molar-refractivity contribution in [2.75, 3.05) is 26.2 Å². The molecule has 0 aromatic heterocycles. The second-order valence-electron chi connectivity index (χ2n) is 17.7. The minimum atomic E-state index is -4.63. The van der Waals surface area contributed by atoms with E-state index >= 15 is 13.2 Å². The Hall–Kier alpha value is -5.71. The number of piperidine rings is 2. The monoisotopic (exact) mass is 796 g/mol. The number of hydrogen-bond acceptors (Lipinski definition) is 0. The molecule has 0 bridgehead atoms. The predicted molar refractivity (Wildman–Crippen MR) is 242 cm³/mol. The number of hydrogen-bond donors (Lipinski definition) is 0. The predicted octanol–water partition coefficient (Wildman–Crippen LogP) is 14.6. The van der Waals surface area contributed by atoms with E-state index in [-0.39, 0.29) is 22.1 Å². The third-order valence-electron chi connectivity index (χ3n) is 14.0. The van der Waals surface area contributed by atoms with Gasteiger partial charge in [-0.2, -0.15) is 13.2 Å². The molecule has 1 atom stereocenters. The Bertz CT molecular complexity index is 2500. The van der Waals surface area contributed by atoms with E-state index in [0.29, 0.717) is 0 Å². The molecule has 2 saturated heterocycles. The zero-order valence-corrected chi connectivity index (χ0v) is 34.7. The Kier molecular flexibility index (Phi) is 10.6. The minimum absolute atomic E-state index is 0.175. The van der Waals surface area contributed by atoms with Gasteiger partial charge in [-0.25, -0.2) is 0 Å². The Morgan fingerprint density at radius 3 is 1.12 bits per heavy atom. The lowest BCUT2D eigenvalue weighted by Gasteiger charge is -2.49. The second-order valence-corrected chi connectivity index (χ2v) is 17.7. The fraction of sp³-hybridized carbons (Fsp3) is 0.250.